The molecule has 0 N–H and O–H groups in total. The smallest absolute Gasteiger partial charge is 0.433 e. The molecule has 11 heteroatoms. The molecule has 0 fully saturated rings. The number of halogens is 3. The van der Waals surface area contributed by atoms with Crippen LogP contribution in [0.25, 0.3) is 0 Å². The molecule has 0 amide bonds. The SMILES string of the molecule is CCOC(=O)c1nnc(Sc2nccc(C(F)(F)F)n2)o1. The lowest BCUT2D eigenvalue weighted by Crippen LogP contribution is -2.08. The van der Waals surface area contributed by atoms with E-state index in [1.165, 1.54) is 0 Å². The largest absolute Gasteiger partial charge is 0.459 e. The highest BCUT2D eigenvalue weighted by atomic mass is 32.2. The number of esters is 1. The quantitative estimate of drug-likeness (QED) is 0.625. The van der Waals surface area contributed by atoms with Gasteiger partial charge in [-0.3, -0.25) is 0 Å². The van der Waals surface area contributed by atoms with Gasteiger partial charge in [0.05, 0.1) is 6.61 Å². The summed E-state index contributed by atoms with van der Waals surface area (Å²) in [6.07, 6.45) is -3.62. The van der Waals surface area contributed by atoms with Gasteiger partial charge in [-0.2, -0.15) is 13.2 Å². The summed E-state index contributed by atoms with van der Waals surface area (Å²) in [6.45, 7) is 1.72. The van der Waals surface area contributed by atoms with Crippen LogP contribution in [-0.4, -0.2) is 32.7 Å². The third-order valence-electron chi connectivity index (χ3n) is 1.96. The van der Waals surface area contributed by atoms with Gasteiger partial charge in [0.1, 0.15) is 5.69 Å². The lowest BCUT2D eigenvalue weighted by Gasteiger charge is -2.05. The molecule has 21 heavy (non-hydrogen) atoms. The zero-order chi connectivity index (χ0) is 15.5. The molecule has 0 saturated heterocycles. The number of nitrogens with zero attached hydrogens (tertiary/aromatic N) is 4. The number of aromatic nitrogens is 4. The van der Waals surface area contributed by atoms with Gasteiger partial charge < -0.3 is 9.15 Å². The summed E-state index contributed by atoms with van der Waals surface area (Å²) < 4.78 is 47.0. The van der Waals surface area contributed by atoms with E-state index in [0.717, 1.165) is 12.3 Å². The zero-order valence-electron chi connectivity index (χ0n) is 10.4. The summed E-state index contributed by atoms with van der Waals surface area (Å²) in [4.78, 5) is 18.2. The van der Waals surface area contributed by atoms with Gasteiger partial charge in [-0.05, 0) is 13.0 Å². The summed E-state index contributed by atoms with van der Waals surface area (Å²) in [6, 6.07) is 0.738. The number of hydrogen-bond acceptors (Lipinski definition) is 8. The highest BCUT2D eigenvalue weighted by molar-refractivity contribution is 7.98. The van der Waals surface area contributed by atoms with E-state index in [0.29, 0.717) is 11.8 Å². The average Bonchev–Trinajstić information content (AvgIpc) is 2.87. The van der Waals surface area contributed by atoms with Crippen molar-refractivity contribution in [3.8, 4) is 0 Å². The second kappa shape index (κ2) is 6.08. The molecular formula is C10H7F3N4O3S. The Hall–Kier alpha value is -2.17. The number of carbonyl (C=O) groups is 1. The van der Waals surface area contributed by atoms with Gasteiger partial charge in [0.25, 0.3) is 5.22 Å². The molecule has 0 aliphatic heterocycles. The van der Waals surface area contributed by atoms with Crippen LogP contribution in [0, 0.1) is 0 Å². The van der Waals surface area contributed by atoms with E-state index in [1.807, 2.05) is 0 Å². The maximum Gasteiger partial charge on any atom is 0.433 e. The van der Waals surface area contributed by atoms with Crippen LogP contribution in [0.2, 0.25) is 0 Å². The lowest BCUT2D eigenvalue weighted by atomic mass is 10.4. The first-order chi connectivity index (χ1) is 9.90. The van der Waals surface area contributed by atoms with Crippen LogP contribution in [0.4, 0.5) is 13.2 Å². The predicted molar refractivity (Wildman–Crippen MR) is 61.4 cm³/mol. The molecule has 0 aliphatic carbocycles. The first-order valence-corrected chi connectivity index (χ1v) is 6.30. The van der Waals surface area contributed by atoms with E-state index < -0.39 is 23.7 Å². The molecule has 0 saturated carbocycles. The van der Waals surface area contributed by atoms with E-state index in [1.54, 1.807) is 6.92 Å². The van der Waals surface area contributed by atoms with Crippen LogP contribution in [0.3, 0.4) is 0 Å². The number of alkyl halides is 3. The molecule has 0 bridgehead atoms. The molecule has 0 atom stereocenters. The average molecular weight is 320 g/mol. The summed E-state index contributed by atoms with van der Waals surface area (Å²) in [7, 11) is 0. The summed E-state index contributed by atoms with van der Waals surface area (Å²) in [5, 5.41) is 6.50. The number of carbonyl (C=O) groups excluding carboxylic acids is 1. The number of ether oxygens (including phenoxy) is 1. The van der Waals surface area contributed by atoms with Gasteiger partial charge in [-0.15, -0.1) is 5.10 Å². The Balaban J connectivity index is 2.14. The van der Waals surface area contributed by atoms with E-state index in [9.17, 15) is 18.0 Å². The molecule has 0 spiro atoms. The third-order valence-corrected chi connectivity index (χ3v) is 2.68. The molecule has 0 radical (unpaired) electrons. The Labute approximate surface area is 119 Å². The second-order valence-electron chi connectivity index (χ2n) is 3.42. The molecular weight excluding hydrogens is 313 g/mol. The zero-order valence-corrected chi connectivity index (χ0v) is 11.2. The monoisotopic (exact) mass is 320 g/mol. The third kappa shape index (κ3) is 3.90. The van der Waals surface area contributed by atoms with E-state index in [-0.39, 0.29) is 17.0 Å². The minimum Gasteiger partial charge on any atom is -0.459 e. The van der Waals surface area contributed by atoms with Crippen molar-refractivity contribution >= 4 is 17.7 Å². The number of hydrogen-bond donors (Lipinski definition) is 0. The van der Waals surface area contributed by atoms with Crippen molar-refractivity contribution < 1.29 is 27.1 Å². The maximum atomic E-state index is 12.5. The minimum atomic E-state index is -4.58. The normalized spacial score (nSPS) is 11.4. The fourth-order valence-electron chi connectivity index (χ4n) is 1.15. The maximum absolute atomic E-state index is 12.5. The summed E-state index contributed by atoms with van der Waals surface area (Å²) >= 11 is 0.604. The van der Waals surface area contributed by atoms with Crippen molar-refractivity contribution in [2.75, 3.05) is 6.61 Å². The molecule has 2 aromatic rings. The standard InChI is InChI=1S/C10H7F3N4O3S/c1-2-19-7(18)6-16-17-9(20-6)21-8-14-4-3-5(15-8)10(11,12)13/h3-4H,2H2,1H3. The molecule has 0 aromatic carbocycles. The first kappa shape index (κ1) is 15.2. The van der Waals surface area contributed by atoms with E-state index in [2.05, 4.69) is 24.9 Å². The molecule has 2 rings (SSSR count). The Morgan fingerprint density at radius 2 is 2.19 bits per heavy atom. The highest BCUT2D eigenvalue weighted by Crippen LogP contribution is 2.30. The highest BCUT2D eigenvalue weighted by Gasteiger charge is 2.33. The van der Waals surface area contributed by atoms with Crippen molar-refractivity contribution in [1.29, 1.82) is 0 Å². The Kier molecular flexibility index (Phi) is 4.40. The second-order valence-corrected chi connectivity index (χ2v) is 4.34. The van der Waals surface area contributed by atoms with Crippen LogP contribution in [0.15, 0.2) is 27.1 Å². The van der Waals surface area contributed by atoms with Gasteiger partial charge in [0.15, 0.2) is 5.16 Å². The molecule has 112 valence electrons. The fourth-order valence-corrected chi connectivity index (χ4v) is 1.77. The van der Waals surface area contributed by atoms with Gasteiger partial charge in [-0.25, -0.2) is 14.8 Å². The molecule has 7 nitrogen and oxygen atoms in total. The van der Waals surface area contributed by atoms with Gasteiger partial charge in [0, 0.05) is 18.0 Å². The lowest BCUT2D eigenvalue weighted by molar-refractivity contribution is -0.141. The predicted octanol–water partition coefficient (Wildman–Crippen LogP) is 2.21. The van der Waals surface area contributed by atoms with Gasteiger partial charge in [0.2, 0.25) is 0 Å². The van der Waals surface area contributed by atoms with E-state index >= 15 is 0 Å². The van der Waals surface area contributed by atoms with Crippen molar-refractivity contribution in [2.45, 2.75) is 23.5 Å². The van der Waals surface area contributed by atoms with Crippen LogP contribution in [-0.2, 0) is 10.9 Å². The van der Waals surface area contributed by atoms with Crippen molar-refractivity contribution in [3.63, 3.8) is 0 Å². The van der Waals surface area contributed by atoms with Crippen LogP contribution in [0.1, 0.15) is 23.3 Å². The Morgan fingerprint density at radius 1 is 1.43 bits per heavy atom. The minimum absolute atomic E-state index is 0.125. The molecule has 0 unspecified atom stereocenters. The number of rotatable bonds is 4. The van der Waals surface area contributed by atoms with Crippen LogP contribution in [0.5, 0.6) is 0 Å². The molecule has 2 heterocycles. The molecule has 2 aromatic heterocycles. The van der Waals surface area contributed by atoms with Gasteiger partial charge in [-0.1, -0.05) is 5.10 Å². The molecule has 0 aliphatic rings. The van der Waals surface area contributed by atoms with Crippen molar-refractivity contribution in [3.05, 3.63) is 23.8 Å². The van der Waals surface area contributed by atoms with Crippen LogP contribution >= 0.6 is 11.8 Å². The Morgan fingerprint density at radius 3 is 2.86 bits per heavy atom. The summed E-state index contributed by atoms with van der Waals surface area (Å²) in [5.74, 6) is -1.21. The summed E-state index contributed by atoms with van der Waals surface area (Å²) in [5.41, 5.74) is -1.09. The van der Waals surface area contributed by atoms with Crippen molar-refractivity contribution in [2.24, 2.45) is 0 Å². The van der Waals surface area contributed by atoms with Gasteiger partial charge >= 0.3 is 18.0 Å². The van der Waals surface area contributed by atoms with Crippen LogP contribution < -0.4 is 0 Å². The topological polar surface area (TPSA) is 91.0 Å². The first-order valence-electron chi connectivity index (χ1n) is 5.49. The van der Waals surface area contributed by atoms with Crippen molar-refractivity contribution in [1.82, 2.24) is 20.2 Å². The Bertz CT molecular complexity index is 646. The van der Waals surface area contributed by atoms with E-state index in [4.69, 9.17) is 4.42 Å². The fraction of sp³-hybridized carbons (Fsp3) is 0.300.